The molecule has 1 atom stereocenters. The lowest BCUT2D eigenvalue weighted by molar-refractivity contribution is -0.117. The molecule has 1 aliphatic heterocycles. The largest absolute Gasteiger partial charge is 0.323 e. The highest BCUT2D eigenvalue weighted by Gasteiger charge is 2.21. The first-order chi connectivity index (χ1) is 9.47. The minimum atomic E-state index is 0.0523. The fourth-order valence-corrected chi connectivity index (χ4v) is 6.06. The van der Waals surface area contributed by atoms with Crippen LogP contribution in [0.15, 0.2) is 12.1 Å². The summed E-state index contributed by atoms with van der Waals surface area (Å²) >= 11 is 6.83. The lowest BCUT2D eigenvalue weighted by atomic mass is 10.2. The third kappa shape index (κ3) is 4.65. The molecule has 2 rings (SSSR count). The number of carbonyl (C=O) groups is 1. The number of nitrogens with zero attached hydrogens (tertiary/aromatic N) is 1. The van der Waals surface area contributed by atoms with Crippen molar-refractivity contribution in [1.82, 2.24) is 10.2 Å². The number of anilines is 1. The van der Waals surface area contributed by atoms with E-state index in [0.29, 0.717) is 12.6 Å². The minimum absolute atomic E-state index is 0.0523. The van der Waals surface area contributed by atoms with Crippen molar-refractivity contribution in [3.8, 4) is 0 Å². The SMILES string of the molecule is CN(CC(=O)Nc1c(I)cc(I)cc1I)C1CCNC1. The Labute approximate surface area is 160 Å². The van der Waals surface area contributed by atoms with E-state index in [1.807, 2.05) is 7.05 Å². The maximum Gasteiger partial charge on any atom is 0.238 e. The van der Waals surface area contributed by atoms with Gasteiger partial charge in [0.1, 0.15) is 0 Å². The first kappa shape index (κ1) is 17.2. The van der Waals surface area contributed by atoms with Gasteiger partial charge in [-0.05, 0) is 99.9 Å². The van der Waals surface area contributed by atoms with Gasteiger partial charge in [-0.25, -0.2) is 0 Å². The third-order valence-electron chi connectivity index (χ3n) is 3.32. The Balaban J connectivity index is 1.97. The van der Waals surface area contributed by atoms with Crippen LogP contribution in [-0.2, 0) is 4.79 Å². The van der Waals surface area contributed by atoms with E-state index in [1.54, 1.807) is 0 Å². The normalized spacial score (nSPS) is 18.6. The van der Waals surface area contributed by atoms with Gasteiger partial charge in [-0.1, -0.05) is 0 Å². The van der Waals surface area contributed by atoms with Crippen molar-refractivity contribution in [3.05, 3.63) is 22.8 Å². The number of halogens is 3. The Bertz CT molecular complexity index is 481. The Hall–Kier alpha value is 0.800. The summed E-state index contributed by atoms with van der Waals surface area (Å²) in [6, 6.07) is 4.61. The van der Waals surface area contributed by atoms with Crippen LogP contribution in [0.3, 0.4) is 0 Å². The van der Waals surface area contributed by atoms with Gasteiger partial charge in [0.2, 0.25) is 5.91 Å². The lowest BCUT2D eigenvalue weighted by Crippen LogP contribution is -2.39. The van der Waals surface area contributed by atoms with Gasteiger partial charge in [0.25, 0.3) is 0 Å². The fraction of sp³-hybridized carbons (Fsp3) is 0.462. The molecule has 20 heavy (non-hydrogen) atoms. The monoisotopic (exact) mass is 611 g/mol. The van der Waals surface area contributed by atoms with E-state index < -0.39 is 0 Å². The average Bonchev–Trinajstić information content (AvgIpc) is 2.87. The standard InChI is InChI=1S/C13H16I3N3O/c1-19(9-2-3-17-6-9)7-12(20)18-13-10(15)4-8(14)5-11(13)16/h4-5,9,17H,2-3,6-7H2,1H3,(H,18,20). The van der Waals surface area contributed by atoms with Crippen LogP contribution in [0.4, 0.5) is 5.69 Å². The number of likely N-dealkylation sites (N-methyl/N-ethyl adjacent to an activating group) is 1. The first-order valence-electron chi connectivity index (χ1n) is 6.32. The van der Waals surface area contributed by atoms with Crippen molar-refractivity contribution in [2.24, 2.45) is 0 Å². The smallest absolute Gasteiger partial charge is 0.238 e. The molecule has 110 valence electrons. The van der Waals surface area contributed by atoms with Crippen molar-refractivity contribution in [2.75, 3.05) is 32.0 Å². The molecule has 1 fully saturated rings. The zero-order valence-electron chi connectivity index (χ0n) is 11.0. The lowest BCUT2D eigenvalue weighted by Gasteiger charge is -2.23. The first-order valence-corrected chi connectivity index (χ1v) is 9.56. The number of rotatable bonds is 4. The zero-order chi connectivity index (χ0) is 14.7. The van der Waals surface area contributed by atoms with Crippen molar-refractivity contribution >= 4 is 79.4 Å². The van der Waals surface area contributed by atoms with E-state index in [1.165, 1.54) is 3.57 Å². The molecule has 1 saturated heterocycles. The van der Waals surface area contributed by atoms with Crippen LogP contribution in [0.2, 0.25) is 0 Å². The number of carbonyl (C=O) groups excluding carboxylic acids is 1. The second kappa shape index (κ2) is 7.88. The molecule has 0 bridgehead atoms. The molecule has 7 heteroatoms. The molecular formula is C13H16I3N3O. The Morgan fingerprint density at radius 2 is 2.05 bits per heavy atom. The highest BCUT2D eigenvalue weighted by Crippen LogP contribution is 2.27. The minimum Gasteiger partial charge on any atom is -0.323 e. The van der Waals surface area contributed by atoms with E-state index in [2.05, 4.69) is 95.4 Å². The van der Waals surface area contributed by atoms with E-state index in [9.17, 15) is 4.79 Å². The van der Waals surface area contributed by atoms with Crippen molar-refractivity contribution in [3.63, 3.8) is 0 Å². The molecule has 0 saturated carbocycles. The van der Waals surface area contributed by atoms with E-state index in [0.717, 1.165) is 32.3 Å². The summed E-state index contributed by atoms with van der Waals surface area (Å²) in [5, 5.41) is 6.36. The fourth-order valence-electron chi connectivity index (χ4n) is 2.21. The molecule has 4 nitrogen and oxygen atoms in total. The van der Waals surface area contributed by atoms with Crippen LogP contribution < -0.4 is 10.6 Å². The Morgan fingerprint density at radius 1 is 1.40 bits per heavy atom. The topological polar surface area (TPSA) is 44.4 Å². The molecule has 2 N–H and O–H groups in total. The van der Waals surface area contributed by atoms with Crippen LogP contribution in [0, 0.1) is 10.7 Å². The number of hydrogen-bond donors (Lipinski definition) is 2. The van der Waals surface area contributed by atoms with Crippen LogP contribution in [0.25, 0.3) is 0 Å². The maximum atomic E-state index is 12.2. The average molecular weight is 611 g/mol. The van der Waals surface area contributed by atoms with Gasteiger partial charge >= 0.3 is 0 Å². The van der Waals surface area contributed by atoms with Crippen molar-refractivity contribution in [2.45, 2.75) is 12.5 Å². The summed E-state index contributed by atoms with van der Waals surface area (Å²) in [6.45, 7) is 2.45. The molecule has 1 heterocycles. The molecule has 1 unspecified atom stereocenters. The van der Waals surface area contributed by atoms with Crippen molar-refractivity contribution in [1.29, 1.82) is 0 Å². The number of hydrogen-bond acceptors (Lipinski definition) is 3. The van der Waals surface area contributed by atoms with Gasteiger partial charge in [0.15, 0.2) is 0 Å². The van der Waals surface area contributed by atoms with E-state index in [-0.39, 0.29) is 5.91 Å². The van der Waals surface area contributed by atoms with Crippen LogP contribution in [-0.4, -0.2) is 43.5 Å². The number of amides is 1. The molecule has 1 aromatic rings. The second-order valence-electron chi connectivity index (χ2n) is 4.85. The predicted octanol–water partition coefficient (Wildman–Crippen LogP) is 2.73. The maximum absolute atomic E-state index is 12.2. The summed E-state index contributed by atoms with van der Waals surface area (Å²) in [6.07, 6.45) is 1.11. The molecule has 0 radical (unpaired) electrons. The molecule has 0 aromatic heterocycles. The molecule has 0 aliphatic carbocycles. The summed E-state index contributed by atoms with van der Waals surface area (Å²) in [7, 11) is 2.01. The summed E-state index contributed by atoms with van der Waals surface area (Å²) in [4.78, 5) is 14.3. The van der Waals surface area contributed by atoms with Crippen LogP contribution in [0.5, 0.6) is 0 Å². The Kier molecular flexibility index (Phi) is 6.76. The summed E-state index contributed by atoms with van der Waals surface area (Å²) in [5.74, 6) is 0.0523. The van der Waals surface area contributed by atoms with Gasteiger partial charge in [-0.15, -0.1) is 0 Å². The van der Waals surface area contributed by atoms with Gasteiger partial charge in [0, 0.05) is 23.3 Å². The molecule has 1 aliphatic rings. The van der Waals surface area contributed by atoms with Gasteiger partial charge in [-0.2, -0.15) is 0 Å². The number of nitrogens with one attached hydrogen (secondary N) is 2. The summed E-state index contributed by atoms with van der Waals surface area (Å²) in [5.41, 5.74) is 0.926. The number of benzene rings is 1. The molecule has 0 spiro atoms. The Morgan fingerprint density at radius 3 is 2.60 bits per heavy atom. The third-order valence-corrected chi connectivity index (χ3v) is 5.65. The zero-order valence-corrected chi connectivity index (χ0v) is 17.5. The highest BCUT2D eigenvalue weighted by atomic mass is 127. The van der Waals surface area contributed by atoms with E-state index in [4.69, 9.17) is 0 Å². The van der Waals surface area contributed by atoms with Crippen LogP contribution >= 0.6 is 67.8 Å². The highest BCUT2D eigenvalue weighted by molar-refractivity contribution is 14.1. The van der Waals surface area contributed by atoms with Gasteiger partial charge < -0.3 is 10.6 Å². The van der Waals surface area contributed by atoms with E-state index >= 15 is 0 Å². The van der Waals surface area contributed by atoms with Crippen molar-refractivity contribution < 1.29 is 4.79 Å². The molecular weight excluding hydrogens is 595 g/mol. The molecule has 1 aromatic carbocycles. The molecule has 1 amide bonds. The summed E-state index contributed by atoms with van der Waals surface area (Å²) < 4.78 is 3.35. The van der Waals surface area contributed by atoms with Gasteiger partial charge in [-0.3, -0.25) is 9.69 Å². The quantitative estimate of drug-likeness (QED) is 0.516. The second-order valence-corrected chi connectivity index (χ2v) is 8.42. The van der Waals surface area contributed by atoms with Crippen LogP contribution in [0.1, 0.15) is 6.42 Å². The van der Waals surface area contributed by atoms with Gasteiger partial charge in [0.05, 0.1) is 12.2 Å². The predicted molar refractivity (Wildman–Crippen MR) is 107 cm³/mol.